The highest BCUT2D eigenvalue weighted by atomic mass is 35.5. The van der Waals surface area contributed by atoms with Gasteiger partial charge in [-0.15, -0.1) is 10.2 Å². The lowest BCUT2D eigenvalue weighted by molar-refractivity contribution is 0.645. The third kappa shape index (κ3) is 3.67. The van der Waals surface area contributed by atoms with Gasteiger partial charge in [0.25, 0.3) is 0 Å². The molecule has 0 saturated carbocycles. The number of nitrogens with zero attached hydrogens (tertiary/aromatic N) is 4. The summed E-state index contributed by atoms with van der Waals surface area (Å²) in [6, 6.07) is 16.2. The smallest absolute Gasteiger partial charge is 0.159 e. The van der Waals surface area contributed by atoms with E-state index in [9.17, 15) is 0 Å². The molecule has 0 aliphatic carbocycles. The Bertz CT molecular complexity index is 960. The van der Waals surface area contributed by atoms with Crippen LogP contribution in [0.2, 0.25) is 5.02 Å². The summed E-state index contributed by atoms with van der Waals surface area (Å²) >= 11 is 6.35. The van der Waals surface area contributed by atoms with E-state index < -0.39 is 0 Å². The van der Waals surface area contributed by atoms with Gasteiger partial charge < -0.3 is 0 Å². The maximum Gasteiger partial charge on any atom is 0.159 e. The zero-order chi connectivity index (χ0) is 18.6. The molecule has 0 amide bonds. The van der Waals surface area contributed by atoms with Crippen LogP contribution in [0.25, 0.3) is 5.69 Å². The topological polar surface area (TPSA) is 43.1 Å². The average Bonchev–Trinajstić information content (AvgIpc) is 3.01. The number of fused-ring (bicyclic) bond motifs is 3. The largest absolute Gasteiger partial charge is 0.281 e. The van der Waals surface area contributed by atoms with Gasteiger partial charge >= 0.3 is 0 Å². The third-order valence-corrected chi connectivity index (χ3v) is 5.17. The second kappa shape index (κ2) is 8.05. The molecule has 4 nitrogen and oxygen atoms in total. The molecule has 5 heteroatoms. The number of aromatic nitrogens is 3. The van der Waals surface area contributed by atoms with E-state index in [1.54, 1.807) is 0 Å². The quantitative estimate of drug-likeness (QED) is 0.539. The van der Waals surface area contributed by atoms with Gasteiger partial charge in [-0.05, 0) is 24.6 Å². The minimum absolute atomic E-state index is 0.512. The van der Waals surface area contributed by atoms with Crippen LogP contribution in [0.15, 0.2) is 53.5 Å². The Labute approximate surface area is 164 Å². The van der Waals surface area contributed by atoms with E-state index in [0.29, 0.717) is 11.6 Å². The Morgan fingerprint density at radius 1 is 1.00 bits per heavy atom. The number of unbranched alkanes of at least 4 members (excludes halogenated alkanes) is 3. The van der Waals surface area contributed by atoms with E-state index in [-0.39, 0.29) is 0 Å². The minimum atomic E-state index is 0.512. The Balaban J connectivity index is 1.78. The van der Waals surface area contributed by atoms with E-state index in [1.807, 2.05) is 30.3 Å². The monoisotopic (exact) mass is 378 g/mol. The fourth-order valence-electron chi connectivity index (χ4n) is 3.58. The number of hydrogen-bond acceptors (Lipinski definition) is 3. The van der Waals surface area contributed by atoms with Crippen molar-refractivity contribution in [3.8, 4) is 5.69 Å². The number of aliphatic imine (C=N–C) groups is 1. The summed E-state index contributed by atoms with van der Waals surface area (Å²) in [7, 11) is 0. The molecule has 4 rings (SSSR count). The van der Waals surface area contributed by atoms with Gasteiger partial charge in [0.2, 0.25) is 0 Å². The van der Waals surface area contributed by atoms with Gasteiger partial charge in [0.1, 0.15) is 12.4 Å². The molecule has 1 aliphatic rings. The molecule has 2 aromatic carbocycles. The molecular formula is C22H23ClN4. The van der Waals surface area contributed by atoms with Crippen LogP contribution < -0.4 is 0 Å². The van der Waals surface area contributed by atoms with Crippen LogP contribution in [-0.2, 0) is 13.0 Å². The van der Waals surface area contributed by atoms with E-state index in [2.05, 4.69) is 39.9 Å². The van der Waals surface area contributed by atoms with E-state index in [4.69, 9.17) is 16.6 Å². The van der Waals surface area contributed by atoms with Gasteiger partial charge in [0, 0.05) is 22.6 Å². The van der Waals surface area contributed by atoms with E-state index >= 15 is 0 Å². The summed E-state index contributed by atoms with van der Waals surface area (Å²) in [5.41, 5.74) is 4.13. The zero-order valence-corrected chi connectivity index (χ0v) is 16.3. The SMILES string of the molecule is CCCCCCc1nnc2n1-c1ccc(Cl)cc1C(c1ccccc1)=NC2. The average molecular weight is 379 g/mol. The van der Waals surface area contributed by atoms with Crippen LogP contribution in [0.5, 0.6) is 0 Å². The number of benzene rings is 2. The van der Waals surface area contributed by atoms with Crippen molar-refractivity contribution >= 4 is 17.3 Å². The molecule has 0 bridgehead atoms. The van der Waals surface area contributed by atoms with Crippen molar-refractivity contribution in [1.82, 2.24) is 14.8 Å². The normalized spacial score (nSPS) is 12.9. The number of hydrogen-bond donors (Lipinski definition) is 0. The Morgan fingerprint density at radius 3 is 2.67 bits per heavy atom. The van der Waals surface area contributed by atoms with Gasteiger partial charge in [-0.2, -0.15) is 0 Å². The van der Waals surface area contributed by atoms with Gasteiger partial charge in [0.15, 0.2) is 5.82 Å². The highest BCUT2D eigenvalue weighted by Gasteiger charge is 2.22. The standard InChI is InChI=1S/C22H23ClN4/c1-2-3-4-8-11-20-25-26-21-15-24-22(16-9-6-5-7-10-16)18-14-17(23)12-13-19(18)27(20)21/h5-7,9-10,12-14H,2-4,8,11,15H2,1H3. The van der Waals surface area contributed by atoms with Gasteiger partial charge in [0.05, 0.1) is 11.4 Å². The number of aryl methyl sites for hydroxylation is 1. The van der Waals surface area contributed by atoms with Crippen molar-refractivity contribution in [3.63, 3.8) is 0 Å². The molecule has 0 N–H and O–H groups in total. The second-order valence-electron chi connectivity index (χ2n) is 6.87. The fraction of sp³-hybridized carbons (Fsp3) is 0.318. The van der Waals surface area contributed by atoms with E-state index in [0.717, 1.165) is 47.0 Å². The minimum Gasteiger partial charge on any atom is -0.281 e. The first-order chi connectivity index (χ1) is 13.3. The lowest BCUT2D eigenvalue weighted by Crippen LogP contribution is -2.09. The molecular weight excluding hydrogens is 356 g/mol. The molecule has 138 valence electrons. The van der Waals surface area contributed by atoms with Crippen LogP contribution in [0, 0.1) is 0 Å². The maximum absolute atomic E-state index is 6.35. The Hall–Kier alpha value is -2.46. The van der Waals surface area contributed by atoms with Crippen LogP contribution in [0.3, 0.4) is 0 Å². The maximum atomic E-state index is 6.35. The van der Waals surface area contributed by atoms with Gasteiger partial charge in [-0.3, -0.25) is 9.56 Å². The molecule has 0 radical (unpaired) electrons. The van der Waals surface area contributed by atoms with Crippen LogP contribution >= 0.6 is 11.6 Å². The van der Waals surface area contributed by atoms with Gasteiger partial charge in [-0.1, -0.05) is 68.1 Å². The van der Waals surface area contributed by atoms with Crippen molar-refractivity contribution in [2.75, 3.05) is 0 Å². The molecule has 27 heavy (non-hydrogen) atoms. The molecule has 1 aromatic heterocycles. The summed E-state index contributed by atoms with van der Waals surface area (Å²) in [5.74, 6) is 1.89. The first-order valence-corrected chi connectivity index (χ1v) is 9.99. The van der Waals surface area contributed by atoms with Crippen LogP contribution in [-0.4, -0.2) is 20.5 Å². The summed E-state index contributed by atoms with van der Waals surface area (Å²) in [6.45, 7) is 2.74. The predicted molar refractivity (Wildman–Crippen MR) is 110 cm³/mol. The van der Waals surface area contributed by atoms with Crippen LogP contribution in [0.4, 0.5) is 0 Å². The summed E-state index contributed by atoms with van der Waals surface area (Å²) in [4.78, 5) is 4.87. The summed E-state index contributed by atoms with van der Waals surface area (Å²) < 4.78 is 2.18. The van der Waals surface area contributed by atoms with E-state index in [1.165, 1.54) is 19.3 Å². The summed E-state index contributed by atoms with van der Waals surface area (Å²) in [6.07, 6.45) is 5.76. The molecule has 3 aromatic rings. The third-order valence-electron chi connectivity index (χ3n) is 4.93. The predicted octanol–water partition coefficient (Wildman–Crippen LogP) is 5.39. The highest BCUT2D eigenvalue weighted by molar-refractivity contribution is 6.31. The van der Waals surface area contributed by atoms with Crippen molar-refractivity contribution in [3.05, 3.63) is 76.3 Å². The zero-order valence-electron chi connectivity index (χ0n) is 15.5. The lowest BCUT2D eigenvalue weighted by atomic mass is 10.0. The van der Waals surface area contributed by atoms with Crippen molar-refractivity contribution in [1.29, 1.82) is 0 Å². The Morgan fingerprint density at radius 2 is 1.85 bits per heavy atom. The number of halogens is 1. The molecule has 0 atom stereocenters. The highest BCUT2D eigenvalue weighted by Crippen LogP contribution is 2.28. The van der Waals surface area contributed by atoms with Crippen molar-refractivity contribution in [2.45, 2.75) is 45.6 Å². The molecule has 0 fully saturated rings. The van der Waals surface area contributed by atoms with Gasteiger partial charge in [-0.25, -0.2) is 0 Å². The number of rotatable bonds is 6. The summed E-state index contributed by atoms with van der Waals surface area (Å²) in [5, 5.41) is 9.61. The second-order valence-corrected chi connectivity index (χ2v) is 7.31. The van der Waals surface area contributed by atoms with Crippen molar-refractivity contribution in [2.24, 2.45) is 4.99 Å². The molecule has 0 saturated heterocycles. The molecule has 0 spiro atoms. The fourth-order valence-corrected chi connectivity index (χ4v) is 3.75. The first kappa shape index (κ1) is 17.9. The molecule has 2 heterocycles. The van der Waals surface area contributed by atoms with Crippen LogP contribution in [0.1, 0.15) is 55.4 Å². The lowest BCUT2D eigenvalue weighted by Gasteiger charge is -2.14. The van der Waals surface area contributed by atoms with Crippen molar-refractivity contribution < 1.29 is 0 Å². The molecule has 1 aliphatic heterocycles. The molecule has 0 unspecified atom stereocenters. The Kier molecular flexibility index (Phi) is 5.35. The first-order valence-electron chi connectivity index (χ1n) is 9.61.